The fraction of sp³-hybridized carbons (Fsp3) is 0.364. The molecular weight excluding hydrogens is 258 g/mol. The number of nitro groups is 1. The lowest BCUT2D eigenvalue weighted by Crippen LogP contribution is -2.23. The van der Waals surface area contributed by atoms with Crippen molar-refractivity contribution in [2.75, 3.05) is 6.61 Å². The van der Waals surface area contributed by atoms with Crippen LogP contribution >= 0.6 is 12.6 Å². The third kappa shape index (κ3) is 5.05. The maximum absolute atomic E-state index is 11.3. The van der Waals surface area contributed by atoms with Crippen molar-refractivity contribution < 1.29 is 19.2 Å². The molecule has 6 nitrogen and oxygen atoms in total. The van der Waals surface area contributed by atoms with Crippen molar-refractivity contribution >= 4 is 24.5 Å². The molecule has 0 amide bonds. The second-order valence-corrected chi connectivity index (χ2v) is 5.41. The van der Waals surface area contributed by atoms with E-state index in [9.17, 15) is 14.9 Å². The molecule has 0 atom stereocenters. The van der Waals surface area contributed by atoms with Gasteiger partial charge in [-0.15, -0.1) is 0 Å². The average Bonchev–Trinajstić information content (AvgIpc) is 2.26. The largest absolute Gasteiger partial charge is 0.513 e. The minimum Gasteiger partial charge on any atom is -0.433 e. The molecule has 0 heterocycles. The summed E-state index contributed by atoms with van der Waals surface area (Å²) in [5.41, 5.74) is -0.0767. The first kappa shape index (κ1) is 14.3. The average molecular weight is 271 g/mol. The van der Waals surface area contributed by atoms with Gasteiger partial charge >= 0.3 is 6.16 Å². The van der Waals surface area contributed by atoms with Gasteiger partial charge in [-0.05, 0) is 26.0 Å². The van der Waals surface area contributed by atoms with Crippen LogP contribution in [0.2, 0.25) is 0 Å². The topological polar surface area (TPSA) is 78.7 Å². The molecule has 18 heavy (non-hydrogen) atoms. The molecule has 0 radical (unpaired) electrons. The molecule has 0 aliphatic carbocycles. The maximum Gasteiger partial charge on any atom is 0.513 e. The van der Waals surface area contributed by atoms with Gasteiger partial charge in [0.15, 0.2) is 0 Å². The highest BCUT2D eigenvalue weighted by Gasteiger charge is 2.16. The van der Waals surface area contributed by atoms with Gasteiger partial charge in [-0.2, -0.15) is 12.6 Å². The summed E-state index contributed by atoms with van der Waals surface area (Å²) >= 11 is 4.18. The maximum atomic E-state index is 11.3. The first-order valence-electron chi connectivity index (χ1n) is 5.09. The highest BCUT2D eigenvalue weighted by molar-refractivity contribution is 7.81. The first-order chi connectivity index (χ1) is 8.28. The summed E-state index contributed by atoms with van der Waals surface area (Å²) in [4.78, 5) is 21.1. The Kier molecular flexibility index (Phi) is 4.55. The van der Waals surface area contributed by atoms with Crippen LogP contribution in [0.5, 0.6) is 5.75 Å². The van der Waals surface area contributed by atoms with Gasteiger partial charge in [0.25, 0.3) is 5.69 Å². The van der Waals surface area contributed by atoms with Crippen molar-refractivity contribution in [1.82, 2.24) is 0 Å². The number of carbonyl (C=O) groups is 1. The van der Waals surface area contributed by atoms with Crippen LogP contribution in [0.15, 0.2) is 24.3 Å². The minimum absolute atomic E-state index is 0.0767. The number of nitro benzene ring substituents is 1. The van der Waals surface area contributed by atoms with Crippen LogP contribution < -0.4 is 4.74 Å². The molecule has 0 N–H and O–H groups in total. The Morgan fingerprint density at radius 3 is 2.39 bits per heavy atom. The van der Waals surface area contributed by atoms with E-state index in [4.69, 9.17) is 9.47 Å². The summed E-state index contributed by atoms with van der Waals surface area (Å²) in [5.74, 6) is 0.183. The van der Waals surface area contributed by atoms with Crippen LogP contribution in [0, 0.1) is 10.1 Å². The standard InChI is InChI=1S/C11H13NO5S/c1-11(2,18)7-16-10(13)17-9-5-3-8(4-6-9)12(14)15/h3-6,18H,7H2,1-2H3. The summed E-state index contributed by atoms with van der Waals surface area (Å²) in [6.45, 7) is 3.67. The van der Waals surface area contributed by atoms with E-state index in [0.717, 1.165) is 0 Å². The SMILES string of the molecule is CC(C)(S)COC(=O)Oc1ccc([N+](=O)[O-])cc1. The Labute approximate surface area is 109 Å². The van der Waals surface area contributed by atoms with Gasteiger partial charge in [0.2, 0.25) is 0 Å². The van der Waals surface area contributed by atoms with E-state index in [1.165, 1.54) is 24.3 Å². The number of nitrogens with zero attached hydrogens (tertiary/aromatic N) is 1. The van der Waals surface area contributed by atoms with Gasteiger partial charge in [0.05, 0.1) is 4.92 Å². The molecule has 0 saturated heterocycles. The number of hydrogen-bond donors (Lipinski definition) is 1. The van der Waals surface area contributed by atoms with E-state index in [2.05, 4.69) is 12.6 Å². The molecule has 0 aliphatic heterocycles. The fourth-order valence-corrected chi connectivity index (χ4v) is 1.06. The van der Waals surface area contributed by atoms with Crippen molar-refractivity contribution in [2.24, 2.45) is 0 Å². The van der Waals surface area contributed by atoms with Gasteiger partial charge in [-0.3, -0.25) is 10.1 Å². The highest BCUT2D eigenvalue weighted by atomic mass is 32.1. The molecule has 0 unspecified atom stereocenters. The van der Waals surface area contributed by atoms with Gasteiger partial charge in [-0.25, -0.2) is 4.79 Å². The van der Waals surface area contributed by atoms with Gasteiger partial charge in [0, 0.05) is 16.9 Å². The molecule has 1 rings (SSSR count). The van der Waals surface area contributed by atoms with E-state index in [1.807, 2.05) is 0 Å². The fourth-order valence-electron chi connectivity index (χ4n) is 0.997. The van der Waals surface area contributed by atoms with E-state index in [-0.39, 0.29) is 18.0 Å². The second kappa shape index (κ2) is 5.72. The predicted molar refractivity (Wildman–Crippen MR) is 68.1 cm³/mol. The third-order valence-electron chi connectivity index (χ3n) is 1.79. The number of rotatable bonds is 4. The lowest BCUT2D eigenvalue weighted by atomic mass is 10.2. The van der Waals surface area contributed by atoms with Crippen molar-refractivity contribution in [2.45, 2.75) is 18.6 Å². The van der Waals surface area contributed by atoms with Crippen LogP contribution in [0.25, 0.3) is 0 Å². The van der Waals surface area contributed by atoms with E-state index < -0.39 is 15.8 Å². The number of hydrogen-bond acceptors (Lipinski definition) is 6. The second-order valence-electron chi connectivity index (χ2n) is 4.20. The number of non-ortho nitro benzene ring substituents is 1. The van der Waals surface area contributed by atoms with Crippen molar-refractivity contribution in [3.8, 4) is 5.75 Å². The van der Waals surface area contributed by atoms with Crippen LogP contribution in [-0.4, -0.2) is 22.4 Å². The Morgan fingerprint density at radius 1 is 1.39 bits per heavy atom. The summed E-state index contributed by atoms with van der Waals surface area (Å²) in [7, 11) is 0. The Morgan fingerprint density at radius 2 is 1.94 bits per heavy atom. The molecule has 0 saturated carbocycles. The highest BCUT2D eigenvalue weighted by Crippen LogP contribution is 2.18. The molecular formula is C11H13NO5S. The molecule has 7 heteroatoms. The molecule has 1 aromatic rings. The lowest BCUT2D eigenvalue weighted by Gasteiger charge is -2.16. The number of ether oxygens (including phenoxy) is 2. The quantitative estimate of drug-likeness (QED) is 0.299. The summed E-state index contributed by atoms with van der Waals surface area (Å²) in [6.07, 6.45) is -0.869. The zero-order valence-corrected chi connectivity index (χ0v) is 10.8. The zero-order valence-electron chi connectivity index (χ0n) is 9.95. The zero-order chi connectivity index (χ0) is 13.8. The lowest BCUT2D eigenvalue weighted by molar-refractivity contribution is -0.384. The molecule has 0 aliphatic rings. The van der Waals surface area contributed by atoms with E-state index in [1.54, 1.807) is 13.8 Å². The molecule has 0 aromatic heterocycles. The van der Waals surface area contributed by atoms with Crippen molar-refractivity contribution in [3.05, 3.63) is 34.4 Å². The normalized spacial score (nSPS) is 10.8. The Balaban J connectivity index is 2.52. The van der Waals surface area contributed by atoms with E-state index in [0.29, 0.717) is 0 Å². The molecule has 0 fully saturated rings. The smallest absolute Gasteiger partial charge is 0.433 e. The van der Waals surface area contributed by atoms with Gasteiger partial charge < -0.3 is 9.47 Å². The third-order valence-corrected chi connectivity index (χ3v) is 1.92. The van der Waals surface area contributed by atoms with Gasteiger partial charge in [-0.1, -0.05) is 0 Å². The summed E-state index contributed by atoms with van der Waals surface area (Å²) < 4.78 is 9.19. The monoisotopic (exact) mass is 271 g/mol. The number of benzene rings is 1. The van der Waals surface area contributed by atoms with Crippen LogP contribution in [0.1, 0.15) is 13.8 Å². The Hall–Kier alpha value is -1.76. The summed E-state index contributed by atoms with van der Waals surface area (Å²) in [5, 5.41) is 10.4. The van der Waals surface area contributed by atoms with Crippen molar-refractivity contribution in [3.63, 3.8) is 0 Å². The van der Waals surface area contributed by atoms with Crippen LogP contribution in [0.4, 0.5) is 10.5 Å². The number of thiol groups is 1. The predicted octanol–water partition coefficient (Wildman–Crippen LogP) is 2.82. The minimum atomic E-state index is -0.869. The summed E-state index contributed by atoms with van der Waals surface area (Å²) in [6, 6.07) is 5.13. The molecule has 0 spiro atoms. The molecule has 0 bridgehead atoms. The Bertz CT molecular complexity index is 438. The molecule has 1 aromatic carbocycles. The van der Waals surface area contributed by atoms with E-state index >= 15 is 0 Å². The van der Waals surface area contributed by atoms with Crippen molar-refractivity contribution in [1.29, 1.82) is 0 Å². The van der Waals surface area contributed by atoms with Gasteiger partial charge in [0.1, 0.15) is 12.4 Å². The molecule has 98 valence electrons. The van der Waals surface area contributed by atoms with Crippen LogP contribution in [0.3, 0.4) is 0 Å². The first-order valence-corrected chi connectivity index (χ1v) is 5.54. The number of carbonyl (C=O) groups excluding carboxylic acids is 1. The van der Waals surface area contributed by atoms with Crippen LogP contribution in [-0.2, 0) is 4.74 Å².